The van der Waals surface area contributed by atoms with E-state index in [0.29, 0.717) is 5.92 Å². The Morgan fingerprint density at radius 2 is 2.19 bits per heavy atom. The van der Waals surface area contributed by atoms with E-state index in [1.54, 1.807) is 0 Å². The third-order valence-corrected chi connectivity index (χ3v) is 4.62. The molecule has 2 aliphatic rings. The molecule has 1 aromatic heterocycles. The van der Waals surface area contributed by atoms with Crippen molar-refractivity contribution in [3.05, 3.63) is 11.9 Å². The molecule has 0 amide bonds. The summed E-state index contributed by atoms with van der Waals surface area (Å²) in [6, 6.07) is 0. The first-order chi connectivity index (χ1) is 7.93. The number of rotatable bonds is 1. The van der Waals surface area contributed by atoms with E-state index in [1.807, 2.05) is 11.8 Å². The second-order valence-corrected chi connectivity index (χ2v) is 5.78. The standard InChI is InChI=1S/C12H19N3S/c1-2-8-16-12-14-11(9-15(12)7-1)10-3-5-13-6-4-10/h9-10,13H,1-8H2. The minimum atomic E-state index is 0.696. The summed E-state index contributed by atoms with van der Waals surface area (Å²) in [5.41, 5.74) is 1.34. The van der Waals surface area contributed by atoms with Crippen molar-refractivity contribution >= 4 is 11.8 Å². The molecular formula is C12H19N3S. The van der Waals surface area contributed by atoms with Crippen molar-refractivity contribution in [2.45, 2.75) is 43.3 Å². The predicted molar refractivity (Wildman–Crippen MR) is 67.0 cm³/mol. The van der Waals surface area contributed by atoms with Crippen molar-refractivity contribution < 1.29 is 0 Å². The monoisotopic (exact) mass is 237 g/mol. The summed E-state index contributed by atoms with van der Waals surface area (Å²) in [6.45, 7) is 3.47. The topological polar surface area (TPSA) is 29.9 Å². The van der Waals surface area contributed by atoms with Gasteiger partial charge in [0.2, 0.25) is 0 Å². The Morgan fingerprint density at radius 1 is 1.31 bits per heavy atom. The SMILES string of the molecule is c1c(C2CCNCC2)nc2n1CCCCS2. The zero-order chi connectivity index (χ0) is 10.8. The minimum absolute atomic E-state index is 0.696. The lowest BCUT2D eigenvalue weighted by molar-refractivity contribution is 0.453. The van der Waals surface area contributed by atoms with E-state index in [-0.39, 0.29) is 0 Å². The largest absolute Gasteiger partial charge is 0.326 e. The summed E-state index contributed by atoms with van der Waals surface area (Å²) in [5.74, 6) is 1.93. The van der Waals surface area contributed by atoms with Crippen LogP contribution >= 0.6 is 11.8 Å². The molecule has 16 heavy (non-hydrogen) atoms. The van der Waals surface area contributed by atoms with E-state index in [0.717, 1.165) is 13.1 Å². The summed E-state index contributed by atoms with van der Waals surface area (Å²) in [5, 5.41) is 4.67. The molecule has 0 spiro atoms. The number of imidazole rings is 1. The molecule has 0 atom stereocenters. The van der Waals surface area contributed by atoms with E-state index < -0.39 is 0 Å². The van der Waals surface area contributed by atoms with Crippen LogP contribution < -0.4 is 5.32 Å². The summed E-state index contributed by atoms with van der Waals surface area (Å²) in [7, 11) is 0. The van der Waals surface area contributed by atoms with Crippen LogP contribution in [-0.4, -0.2) is 28.4 Å². The molecule has 0 radical (unpaired) electrons. The van der Waals surface area contributed by atoms with Gasteiger partial charge < -0.3 is 9.88 Å². The van der Waals surface area contributed by atoms with Gasteiger partial charge in [-0.25, -0.2) is 4.98 Å². The third kappa shape index (κ3) is 2.13. The Labute approximate surface area is 101 Å². The minimum Gasteiger partial charge on any atom is -0.326 e. The summed E-state index contributed by atoms with van der Waals surface area (Å²) < 4.78 is 2.37. The van der Waals surface area contributed by atoms with Gasteiger partial charge in [-0.2, -0.15) is 0 Å². The Bertz CT molecular complexity index is 332. The zero-order valence-electron chi connectivity index (χ0n) is 9.61. The lowest BCUT2D eigenvalue weighted by atomic mass is 9.95. The Hall–Kier alpha value is -0.480. The van der Waals surface area contributed by atoms with Gasteiger partial charge in [0.1, 0.15) is 0 Å². The highest BCUT2D eigenvalue weighted by atomic mass is 32.2. The zero-order valence-corrected chi connectivity index (χ0v) is 10.4. The highest BCUT2D eigenvalue weighted by Crippen LogP contribution is 2.29. The fourth-order valence-electron chi connectivity index (χ4n) is 2.56. The first-order valence-corrected chi connectivity index (χ1v) is 7.32. The number of hydrogen-bond acceptors (Lipinski definition) is 3. The smallest absolute Gasteiger partial charge is 0.168 e. The number of thioether (sulfide) groups is 1. The van der Waals surface area contributed by atoms with Gasteiger partial charge in [0.05, 0.1) is 5.69 Å². The van der Waals surface area contributed by atoms with Crippen LogP contribution in [0.4, 0.5) is 0 Å². The van der Waals surface area contributed by atoms with Gasteiger partial charge in [0, 0.05) is 24.4 Å². The summed E-state index contributed by atoms with van der Waals surface area (Å²) in [4.78, 5) is 4.83. The molecule has 2 aliphatic heterocycles. The number of nitrogens with one attached hydrogen (secondary N) is 1. The van der Waals surface area contributed by atoms with Crippen LogP contribution in [0.5, 0.6) is 0 Å². The molecule has 1 fully saturated rings. The quantitative estimate of drug-likeness (QED) is 0.812. The molecule has 1 saturated heterocycles. The molecule has 1 aromatic rings. The number of aryl methyl sites for hydroxylation is 1. The number of piperidine rings is 1. The van der Waals surface area contributed by atoms with E-state index in [2.05, 4.69) is 16.1 Å². The highest BCUT2D eigenvalue weighted by Gasteiger charge is 2.20. The number of nitrogens with zero attached hydrogens (tertiary/aromatic N) is 2. The summed E-state index contributed by atoms with van der Waals surface area (Å²) >= 11 is 1.93. The number of hydrogen-bond donors (Lipinski definition) is 1. The molecule has 0 aromatic carbocycles. The molecule has 3 nitrogen and oxygen atoms in total. The van der Waals surface area contributed by atoms with Crippen molar-refractivity contribution in [1.82, 2.24) is 14.9 Å². The molecule has 1 N–H and O–H groups in total. The Kier molecular flexibility index (Phi) is 3.20. The fourth-order valence-corrected chi connectivity index (χ4v) is 3.57. The highest BCUT2D eigenvalue weighted by molar-refractivity contribution is 7.99. The number of fused-ring (bicyclic) bond motifs is 1. The van der Waals surface area contributed by atoms with Crippen LogP contribution in [0.15, 0.2) is 11.4 Å². The van der Waals surface area contributed by atoms with Crippen LogP contribution in [0, 0.1) is 0 Å². The molecule has 0 unspecified atom stereocenters. The van der Waals surface area contributed by atoms with Gasteiger partial charge >= 0.3 is 0 Å². The van der Waals surface area contributed by atoms with Crippen LogP contribution in [0.25, 0.3) is 0 Å². The number of aromatic nitrogens is 2. The maximum Gasteiger partial charge on any atom is 0.168 e. The van der Waals surface area contributed by atoms with Gasteiger partial charge in [0.15, 0.2) is 5.16 Å². The molecule has 0 saturated carbocycles. The van der Waals surface area contributed by atoms with Gasteiger partial charge in [-0.1, -0.05) is 11.8 Å². The van der Waals surface area contributed by atoms with Crippen LogP contribution in [0.3, 0.4) is 0 Å². The molecular weight excluding hydrogens is 218 g/mol. The van der Waals surface area contributed by atoms with Crippen molar-refractivity contribution in [2.24, 2.45) is 0 Å². The van der Waals surface area contributed by atoms with Gasteiger partial charge in [-0.05, 0) is 38.8 Å². The normalized spacial score (nSPS) is 22.8. The second-order valence-electron chi connectivity index (χ2n) is 4.72. The van der Waals surface area contributed by atoms with Gasteiger partial charge in [-0.15, -0.1) is 0 Å². The maximum atomic E-state index is 4.83. The van der Waals surface area contributed by atoms with E-state index in [1.165, 1.54) is 48.8 Å². The predicted octanol–water partition coefficient (Wildman–Crippen LogP) is 2.24. The van der Waals surface area contributed by atoms with Crippen LogP contribution in [0.1, 0.15) is 37.3 Å². The lowest BCUT2D eigenvalue weighted by Gasteiger charge is -2.20. The van der Waals surface area contributed by atoms with E-state index in [9.17, 15) is 0 Å². The average molecular weight is 237 g/mol. The Balaban J connectivity index is 1.80. The van der Waals surface area contributed by atoms with E-state index >= 15 is 0 Å². The van der Waals surface area contributed by atoms with E-state index in [4.69, 9.17) is 4.98 Å². The molecule has 3 rings (SSSR count). The van der Waals surface area contributed by atoms with Crippen molar-refractivity contribution in [1.29, 1.82) is 0 Å². The van der Waals surface area contributed by atoms with Crippen molar-refractivity contribution in [2.75, 3.05) is 18.8 Å². The molecule has 4 heteroatoms. The molecule has 0 aliphatic carbocycles. The first kappa shape index (κ1) is 10.7. The molecule has 0 bridgehead atoms. The van der Waals surface area contributed by atoms with Crippen LogP contribution in [0.2, 0.25) is 0 Å². The molecule has 3 heterocycles. The van der Waals surface area contributed by atoms with Gasteiger partial charge in [-0.3, -0.25) is 0 Å². The Morgan fingerprint density at radius 3 is 3.06 bits per heavy atom. The average Bonchev–Trinajstić information content (AvgIpc) is 2.62. The third-order valence-electron chi connectivity index (χ3n) is 3.54. The van der Waals surface area contributed by atoms with Crippen molar-refractivity contribution in [3.8, 4) is 0 Å². The summed E-state index contributed by atoms with van der Waals surface area (Å²) in [6.07, 6.45) is 7.45. The maximum absolute atomic E-state index is 4.83. The lowest BCUT2D eigenvalue weighted by Crippen LogP contribution is -2.26. The molecule has 88 valence electrons. The first-order valence-electron chi connectivity index (χ1n) is 6.34. The fraction of sp³-hybridized carbons (Fsp3) is 0.750. The van der Waals surface area contributed by atoms with Gasteiger partial charge in [0.25, 0.3) is 0 Å². The second kappa shape index (κ2) is 4.80. The van der Waals surface area contributed by atoms with Crippen molar-refractivity contribution in [3.63, 3.8) is 0 Å². The van der Waals surface area contributed by atoms with Crippen LogP contribution in [-0.2, 0) is 6.54 Å².